The smallest absolute Gasteiger partial charge is 0.317 e. The van der Waals surface area contributed by atoms with Crippen LogP contribution in [-0.2, 0) is 25.7 Å². The molecule has 0 bridgehead atoms. The van der Waals surface area contributed by atoms with Gasteiger partial charge in [-0.25, -0.2) is 0 Å². The molecule has 0 atom stereocenters. The van der Waals surface area contributed by atoms with Gasteiger partial charge in [-0.15, -0.1) is 0 Å². The number of rotatable bonds is 6. The van der Waals surface area contributed by atoms with Gasteiger partial charge in [-0.1, -0.05) is 15.9 Å². The minimum atomic E-state index is -0.791. The highest BCUT2D eigenvalue weighted by Gasteiger charge is 2.17. The number of hydrogen-bond donors (Lipinski definition) is 0. The van der Waals surface area contributed by atoms with Crippen LogP contribution in [0.5, 0.6) is 0 Å². The largest absolute Gasteiger partial charge is 0.466 e. The second-order valence-corrected chi connectivity index (χ2v) is 4.59. The number of carbonyl (C=O) groups excluding carboxylic acids is 2. The van der Waals surface area contributed by atoms with Crippen molar-refractivity contribution in [3.63, 3.8) is 0 Å². The van der Waals surface area contributed by atoms with E-state index >= 15 is 0 Å². The van der Waals surface area contributed by atoms with Crippen LogP contribution in [0.15, 0.2) is 22.7 Å². The first-order valence-electron chi connectivity index (χ1n) is 5.68. The predicted molar refractivity (Wildman–Crippen MR) is 71.8 cm³/mol. The molecule has 1 aromatic rings. The second-order valence-electron chi connectivity index (χ2n) is 3.67. The normalized spacial score (nSPS) is 9.90. The molecule has 0 aliphatic rings. The lowest BCUT2D eigenvalue weighted by Gasteiger charge is -2.06. The lowest BCUT2D eigenvalue weighted by molar-refractivity contribution is -0.385. The molecule has 0 aliphatic heterocycles. The molecule has 0 amide bonds. The minimum Gasteiger partial charge on any atom is -0.466 e. The van der Waals surface area contributed by atoms with Gasteiger partial charge in [-0.2, -0.15) is 0 Å². The van der Waals surface area contributed by atoms with Crippen molar-refractivity contribution in [3.8, 4) is 0 Å². The van der Waals surface area contributed by atoms with Gasteiger partial charge in [0.15, 0.2) is 0 Å². The lowest BCUT2D eigenvalue weighted by atomic mass is 10.2. The Bertz CT molecular complexity index is 531. The average molecular weight is 346 g/mol. The number of carbonyl (C=O) groups is 2. The van der Waals surface area contributed by atoms with Gasteiger partial charge < -0.3 is 9.47 Å². The fourth-order valence-corrected chi connectivity index (χ4v) is 1.72. The summed E-state index contributed by atoms with van der Waals surface area (Å²) in [6, 6.07) is 4.38. The Morgan fingerprint density at radius 1 is 1.30 bits per heavy atom. The van der Waals surface area contributed by atoms with Gasteiger partial charge in [0, 0.05) is 10.5 Å². The number of nitro groups is 1. The van der Waals surface area contributed by atoms with Crippen LogP contribution in [0.1, 0.15) is 18.9 Å². The molecule has 0 N–H and O–H groups in total. The maximum absolute atomic E-state index is 11.3. The standard InChI is InChI=1S/C12H12BrNO6/c1-2-19-11(15)6-12(16)20-7-8-3-4-9(13)5-10(8)14(17)18/h3-5H,2,6-7H2,1H3. The summed E-state index contributed by atoms with van der Waals surface area (Å²) >= 11 is 3.12. The maximum Gasteiger partial charge on any atom is 0.317 e. The molecule has 1 rings (SSSR count). The Labute approximate surface area is 123 Å². The first-order chi connectivity index (χ1) is 9.43. The zero-order valence-electron chi connectivity index (χ0n) is 10.6. The van der Waals surface area contributed by atoms with Crippen molar-refractivity contribution >= 4 is 33.6 Å². The molecule has 0 saturated heterocycles. The fourth-order valence-electron chi connectivity index (χ4n) is 1.37. The van der Waals surface area contributed by atoms with Crippen LogP contribution in [0.4, 0.5) is 5.69 Å². The third-order valence-corrected chi connectivity index (χ3v) is 2.72. The molecule has 0 heterocycles. The van der Waals surface area contributed by atoms with Crippen LogP contribution in [0, 0.1) is 10.1 Å². The average Bonchev–Trinajstić information content (AvgIpc) is 2.37. The van der Waals surface area contributed by atoms with Crippen LogP contribution in [0.3, 0.4) is 0 Å². The zero-order valence-corrected chi connectivity index (χ0v) is 12.2. The van der Waals surface area contributed by atoms with Crippen molar-refractivity contribution in [1.82, 2.24) is 0 Å². The third-order valence-electron chi connectivity index (χ3n) is 2.23. The maximum atomic E-state index is 11.3. The van der Waals surface area contributed by atoms with Crippen molar-refractivity contribution in [2.24, 2.45) is 0 Å². The number of hydrogen-bond acceptors (Lipinski definition) is 6. The molecule has 20 heavy (non-hydrogen) atoms. The molecule has 0 radical (unpaired) electrons. The van der Waals surface area contributed by atoms with Crippen LogP contribution >= 0.6 is 15.9 Å². The van der Waals surface area contributed by atoms with Gasteiger partial charge in [0.1, 0.15) is 13.0 Å². The molecule has 0 aromatic heterocycles. The summed E-state index contributed by atoms with van der Waals surface area (Å²) in [7, 11) is 0. The number of nitro benzene ring substituents is 1. The molecule has 108 valence electrons. The van der Waals surface area contributed by atoms with Crippen LogP contribution in [-0.4, -0.2) is 23.5 Å². The summed E-state index contributed by atoms with van der Waals surface area (Å²) in [6.07, 6.45) is -0.516. The predicted octanol–water partition coefficient (Wildman–Crippen LogP) is 2.35. The van der Waals surface area contributed by atoms with Gasteiger partial charge in [-0.05, 0) is 19.1 Å². The van der Waals surface area contributed by atoms with Crippen molar-refractivity contribution in [2.75, 3.05) is 6.61 Å². The summed E-state index contributed by atoms with van der Waals surface area (Å²) in [5.41, 5.74) is 0.0821. The van der Waals surface area contributed by atoms with E-state index in [0.29, 0.717) is 4.47 Å². The van der Waals surface area contributed by atoms with E-state index in [9.17, 15) is 19.7 Å². The number of ether oxygens (including phenoxy) is 2. The van der Waals surface area contributed by atoms with E-state index in [1.807, 2.05) is 0 Å². The highest BCUT2D eigenvalue weighted by Crippen LogP contribution is 2.24. The Hall–Kier alpha value is -1.96. The summed E-state index contributed by atoms with van der Waals surface area (Å²) in [4.78, 5) is 32.7. The van der Waals surface area contributed by atoms with E-state index in [2.05, 4.69) is 20.7 Å². The van der Waals surface area contributed by atoms with Gasteiger partial charge in [0.05, 0.1) is 17.1 Å². The van der Waals surface area contributed by atoms with Gasteiger partial charge >= 0.3 is 11.9 Å². The zero-order chi connectivity index (χ0) is 15.1. The van der Waals surface area contributed by atoms with E-state index in [1.54, 1.807) is 13.0 Å². The Balaban J connectivity index is 2.64. The SMILES string of the molecule is CCOC(=O)CC(=O)OCc1ccc(Br)cc1[N+](=O)[O-]. The molecular weight excluding hydrogens is 334 g/mol. The van der Waals surface area contributed by atoms with Crippen LogP contribution in [0.25, 0.3) is 0 Å². The fraction of sp³-hybridized carbons (Fsp3) is 0.333. The summed E-state index contributed by atoms with van der Waals surface area (Å²) in [5, 5.41) is 10.9. The van der Waals surface area contributed by atoms with Crippen molar-refractivity contribution in [2.45, 2.75) is 20.0 Å². The third kappa shape index (κ3) is 4.96. The summed E-state index contributed by atoms with van der Waals surface area (Å²) in [5.74, 6) is -1.48. The van der Waals surface area contributed by atoms with Gasteiger partial charge in [-0.3, -0.25) is 19.7 Å². The Morgan fingerprint density at radius 2 is 1.95 bits per heavy atom. The molecule has 8 heteroatoms. The summed E-state index contributed by atoms with van der Waals surface area (Å²) in [6.45, 7) is 1.51. The first kappa shape index (κ1) is 16.1. The highest BCUT2D eigenvalue weighted by atomic mass is 79.9. The Morgan fingerprint density at radius 3 is 2.55 bits per heavy atom. The van der Waals surface area contributed by atoms with Crippen molar-refractivity contribution < 1.29 is 24.0 Å². The Kier molecular flexibility index (Phi) is 6.10. The lowest BCUT2D eigenvalue weighted by Crippen LogP contribution is -2.14. The van der Waals surface area contributed by atoms with E-state index in [-0.39, 0.29) is 24.5 Å². The molecule has 0 saturated carbocycles. The van der Waals surface area contributed by atoms with E-state index in [1.165, 1.54) is 12.1 Å². The molecule has 0 fully saturated rings. The number of nitrogens with zero attached hydrogens (tertiary/aromatic N) is 1. The van der Waals surface area contributed by atoms with Crippen molar-refractivity contribution in [1.29, 1.82) is 0 Å². The van der Waals surface area contributed by atoms with Crippen LogP contribution in [0.2, 0.25) is 0 Å². The van der Waals surface area contributed by atoms with Crippen LogP contribution < -0.4 is 0 Å². The number of halogens is 1. The summed E-state index contributed by atoms with van der Waals surface area (Å²) < 4.78 is 9.95. The molecule has 0 spiro atoms. The van der Waals surface area contributed by atoms with E-state index < -0.39 is 23.3 Å². The molecular formula is C12H12BrNO6. The minimum absolute atomic E-state index is 0.164. The van der Waals surface area contributed by atoms with Crippen molar-refractivity contribution in [3.05, 3.63) is 38.3 Å². The van der Waals surface area contributed by atoms with E-state index in [4.69, 9.17) is 4.74 Å². The number of esters is 2. The van der Waals surface area contributed by atoms with E-state index in [0.717, 1.165) is 0 Å². The molecule has 7 nitrogen and oxygen atoms in total. The second kappa shape index (κ2) is 7.59. The first-order valence-corrected chi connectivity index (χ1v) is 6.47. The van der Waals surface area contributed by atoms with Gasteiger partial charge in [0.25, 0.3) is 5.69 Å². The number of benzene rings is 1. The molecule has 1 aromatic carbocycles. The quantitative estimate of drug-likeness (QED) is 0.340. The topological polar surface area (TPSA) is 95.7 Å². The highest BCUT2D eigenvalue weighted by molar-refractivity contribution is 9.10. The van der Waals surface area contributed by atoms with Gasteiger partial charge in [0.2, 0.25) is 0 Å². The monoisotopic (exact) mass is 345 g/mol. The molecule has 0 aliphatic carbocycles. The molecule has 0 unspecified atom stereocenters.